The third kappa shape index (κ3) is 1.52. The SMILES string of the molecule is CC1Nc2cc(F)cc(Cl)c2OC1C. The van der Waals surface area contributed by atoms with Crippen molar-refractivity contribution in [2.75, 3.05) is 5.32 Å². The summed E-state index contributed by atoms with van der Waals surface area (Å²) in [4.78, 5) is 0. The van der Waals surface area contributed by atoms with Crippen molar-refractivity contribution in [2.24, 2.45) is 0 Å². The molecule has 1 aromatic rings. The highest BCUT2D eigenvalue weighted by atomic mass is 35.5. The van der Waals surface area contributed by atoms with Gasteiger partial charge in [0.15, 0.2) is 5.75 Å². The van der Waals surface area contributed by atoms with Crippen LogP contribution in [0.25, 0.3) is 0 Å². The van der Waals surface area contributed by atoms with E-state index in [0.717, 1.165) is 0 Å². The molecule has 0 saturated heterocycles. The van der Waals surface area contributed by atoms with Crippen molar-refractivity contribution < 1.29 is 9.13 Å². The summed E-state index contributed by atoms with van der Waals surface area (Å²) in [5.41, 5.74) is 0.626. The summed E-state index contributed by atoms with van der Waals surface area (Å²) in [6, 6.07) is 2.80. The van der Waals surface area contributed by atoms with Gasteiger partial charge in [-0.1, -0.05) is 11.6 Å². The minimum atomic E-state index is -0.355. The quantitative estimate of drug-likeness (QED) is 0.718. The normalized spacial score (nSPS) is 24.9. The monoisotopic (exact) mass is 215 g/mol. The molecule has 0 fully saturated rings. The van der Waals surface area contributed by atoms with E-state index >= 15 is 0 Å². The number of anilines is 1. The number of hydrogen-bond acceptors (Lipinski definition) is 2. The first-order chi connectivity index (χ1) is 6.58. The van der Waals surface area contributed by atoms with Crippen LogP contribution in [0, 0.1) is 5.82 Å². The molecule has 2 rings (SSSR count). The molecule has 14 heavy (non-hydrogen) atoms. The number of nitrogens with one attached hydrogen (secondary N) is 1. The van der Waals surface area contributed by atoms with Crippen LogP contribution in [0.2, 0.25) is 5.02 Å². The molecule has 0 aromatic heterocycles. The van der Waals surface area contributed by atoms with Gasteiger partial charge < -0.3 is 10.1 Å². The van der Waals surface area contributed by atoms with E-state index in [0.29, 0.717) is 16.5 Å². The van der Waals surface area contributed by atoms with Gasteiger partial charge in [0.05, 0.1) is 16.8 Å². The molecule has 0 aliphatic carbocycles. The molecular weight excluding hydrogens is 205 g/mol. The molecular formula is C10H11ClFNO. The van der Waals surface area contributed by atoms with E-state index in [1.54, 1.807) is 0 Å². The highest BCUT2D eigenvalue weighted by Gasteiger charge is 2.24. The molecule has 76 valence electrons. The number of halogens is 2. The molecule has 2 unspecified atom stereocenters. The minimum absolute atomic E-state index is 0.0328. The Bertz CT molecular complexity index is 369. The van der Waals surface area contributed by atoms with Gasteiger partial charge in [0.2, 0.25) is 0 Å². The van der Waals surface area contributed by atoms with Crippen LogP contribution in [0.15, 0.2) is 12.1 Å². The molecule has 1 N–H and O–H groups in total. The first-order valence-electron chi connectivity index (χ1n) is 4.50. The van der Waals surface area contributed by atoms with E-state index < -0.39 is 0 Å². The molecule has 2 nitrogen and oxygen atoms in total. The Morgan fingerprint density at radius 3 is 2.86 bits per heavy atom. The fourth-order valence-corrected chi connectivity index (χ4v) is 1.69. The van der Waals surface area contributed by atoms with E-state index in [4.69, 9.17) is 16.3 Å². The Morgan fingerprint density at radius 1 is 1.43 bits per heavy atom. The maximum Gasteiger partial charge on any atom is 0.161 e. The number of fused-ring (bicyclic) bond motifs is 1. The van der Waals surface area contributed by atoms with Gasteiger partial charge in [-0.25, -0.2) is 4.39 Å². The van der Waals surface area contributed by atoms with Crippen LogP contribution < -0.4 is 10.1 Å². The Hall–Kier alpha value is -0.960. The van der Waals surface area contributed by atoms with Crippen molar-refractivity contribution in [2.45, 2.75) is 26.0 Å². The average Bonchev–Trinajstić information content (AvgIpc) is 2.08. The van der Waals surface area contributed by atoms with Crippen molar-refractivity contribution in [1.29, 1.82) is 0 Å². The molecule has 1 heterocycles. The maximum absolute atomic E-state index is 13.0. The Balaban J connectivity index is 2.46. The molecule has 1 aromatic carbocycles. The Morgan fingerprint density at radius 2 is 2.14 bits per heavy atom. The lowest BCUT2D eigenvalue weighted by molar-refractivity contribution is 0.193. The lowest BCUT2D eigenvalue weighted by Gasteiger charge is -2.31. The largest absolute Gasteiger partial charge is 0.485 e. The molecule has 4 heteroatoms. The van der Waals surface area contributed by atoms with Gasteiger partial charge in [-0.15, -0.1) is 0 Å². The number of ether oxygens (including phenoxy) is 1. The first-order valence-corrected chi connectivity index (χ1v) is 4.88. The fourth-order valence-electron chi connectivity index (χ4n) is 1.44. The van der Waals surface area contributed by atoms with E-state index in [9.17, 15) is 4.39 Å². The summed E-state index contributed by atoms with van der Waals surface area (Å²) in [6.45, 7) is 3.92. The molecule has 0 spiro atoms. The van der Waals surface area contributed by atoms with Crippen LogP contribution in [0.1, 0.15) is 13.8 Å². The van der Waals surface area contributed by atoms with Crippen LogP contribution >= 0.6 is 11.6 Å². The summed E-state index contributed by atoms with van der Waals surface area (Å²) < 4.78 is 18.6. The smallest absolute Gasteiger partial charge is 0.161 e. The molecule has 1 aliphatic rings. The van der Waals surface area contributed by atoms with E-state index in [-0.39, 0.29) is 18.0 Å². The summed E-state index contributed by atoms with van der Waals surface area (Å²) in [5.74, 6) is 0.185. The summed E-state index contributed by atoms with van der Waals surface area (Å²) >= 11 is 5.86. The van der Waals surface area contributed by atoms with Crippen molar-refractivity contribution >= 4 is 17.3 Å². The molecule has 0 saturated carbocycles. The van der Waals surface area contributed by atoms with Crippen molar-refractivity contribution in [3.63, 3.8) is 0 Å². The second kappa shape index (κ2) is 3.31. The predicted molar refractivity (Wildman–Crippen MR) is 54.6 cm³/mol. The topological polar surface area (TPSA) is 21.3 Å². The second-order valence-corrected chi connectivity index (χ2v) is 3.93. The minimum Gasteiger partial charge on any atom is -0.485 e. The molecule has 1 aliphatic heterocycles. The lowest BCUT2D eigenvalue weighted by Crippen LogP contribution is -2.37. The Labute approximate surface area is 87.0 Å². The van der Waals surface area contributed by atoms with E-state index in [2.05, 4.69) is 5.32 Å². The highest BCUT2D eigenvalue weighted by Crippen LogP contribution is 2.38. The van der Waals surface area contributed by atoms with Crippen molar-refractivity contribution in [1.82, 2.24) is 0 Å². The molecule has 0 bridgehead atoms. The second-order valence-electron chi connectivity index (χ2n) is 3.52. The van der Waals surface area contributed by atoms with Gasteiger partial charge in [-0.3, -0.25) is 0 Å². The highest BCUT2D eigenvalue weighted by molar-refractivity contribution is 6.32. The van der Waals surface area contributed by atoms with Gasteiger partial charge in [0, 0.05) is 6.07 Å². The standard InChI is InChI=1S/C10H11ClFNO/c1-5-6(2)14-10-8(11)3-7(12)4-9(10)13-5/h3-6,13H,1-2H3. The third-order valence-electron chi connectivity index (χ3n) is 2.40. The third-order valence-corrected chi connectivity index (χ3v) is 2.68. The van der Waals surface area contributed by atoms with Crippen molar-refractivity contribution in [3.05, 3.63) is 23.0 Å². The summed E-state index contributed by atoms with van der Waals surface area (Å²) in [5, 5.41) is 3.45. The van der Waals surface area contributed by atoms with Gasteiger partial charge >= 0.3 is 0 Å². The zero-order chi connectivity index (χ0) is 10.3. The number of benzene rings is 1. The van der Waals surface area contributed by atoms with Gasteiger partial charge in [0.25, 0.3) is 0 Å². The summed E-state index contributed by atoms with van der Waals surface area (Å²) in [6.07, 6.45) is 0.0328. The van der Waals surface area contributed by atoms with Gasteiger partial charge in [-0.2, -0.15) is 0 Å². The lowest BCUT2D eigenvalue weighted by atomic mass is 10.1. The van der Waals surface area contributed by atoms with E-state index in [1.807, 2.05) is 13.8 Å². The van der Waals surface area contributed by atoms with Gasteiger partial charge in [0.1, 0.15) is 11.9 Å². The van der Waals surface area contributed by atoms with Crippen LogP contribution in [-0.4, -0.2) is 12.1 Å². The molecule has 0 amide bonds. The fraction of sp³-hybridized carbons (Fsp3) is 0.400. The number of hydrogen-bond donors (Lipinski definition) is 1. The van der Waals surface area contributed by atoms with Crippen LogP contribution in [-0.2, 0) is 0 Å². The van der Waals surface area contributed by atoms with Crippen LogP contribution in [0.4, 0.5) is 10.1 Å². The molecule has 0 radical (unpaired) electrons. The van der Waals surface area contributed by atoms with E-state index in [1.165, 1.54) is 12.1 Å². The van der Waals surface area contributed by atoms with Gasteiger partial charge in [-0.05, 0) is 19.9 Å². The van der Waals surface area contributed by atoms with Crippen molar-refractivity contribution in [3.8, 4) is 5.75 Å². The zero-order valence-electron chi connectivity index (χ0n) is 7.97. The average molecular weight is 216 g/mol. The predicted octanol–water partition coefficient (Wildman–Crippen LogP) is 3.06. The Kier molecular flexibility index (Phi) is 2.27. The first kappa shape index (κ1) is 9.59. The maximum atomic E-state index is 13.0. The van der Waals surface area contributed by atoms with Crippen LogP contribution in [0.3, 0.4) is 0 Å². The zero-order valence-corrected chi connectivity index (χ0v) is 8.73. The van der Waals surface area contributed by atoms with Crippen LogP contribution in [0.5, 0.6) is 5.75 Å². The molecule has 2 atom stereocenters. The summed E-state index contributed by atoms with van der Waals surface area (Å²) in [7, 11) is 0. The number of rotatable bonds is 0.